The third kappa shape index (κ3) is 3.53. The van der Waals surface area contributed by atoms with Crippen molar-refractivity contribution in [2.45, 2.75) is 13.0 Å². The smallest absolute Gasteiger partial charge is 0.307 e. The number of esters is 1. The SMILES string of the molecule is O=C(CCN1C(=O)COc2ccccc21)OCc1ccccc1F. The molecular weight excluding hydrogens is 313 g/mol. The van der Waals surface area contributed by atoms with Gasteiger partial charge in [-0.2, -0.15) is 0 Å². The molecule has 0 atom stereocenters. The zero-order valence-corrected chi connectivity index (χ0v) is 12.9. The van der Waals surface area contributed by atoms with E-state index in [2.05, 4.69) is 0 Å². The highest BCUT2D eigenvalue weighted by molar-refractivity contribution is 5.98. The van der Waals surface area contributed by atoms with E-state index in [9.17, 15) is 14.0 Å². The van der Waals surface area contributed by atoms with Gasteiger partial charge in [0.2, 0.25) is 0 Å². The molecule has 5 nitrogen and oxygen atoms in total. The monoisotopic (exact) mass is 329 g/mol. The van der Waals surface area contributed by atoms with Crippen LogP contribution in [0.15, 0.2) is 48.5 Å². The number of ether oxygens (including phenoxy) is 2. The van der Waals surface area contributed by atoms with Gasteiger partial charge >= 0.3 is 5.97 Å². The van der Waals surface area contributed by atoms with E-state index in [0.717, 1.165) is 0 Å². The summed E-state index contributed by atoms with van der Waals surface area (Å²) in [5, 5.41) is 0. The molecule has 3 rings (SSSR count). The van der Waals surface area contributed by atoms with Crippen LogP contribution in [0.1, 0.15) is 12.0 Å². The van der Waals surface area contributed by atoms with Crippen LogP contribution in [0.4, 0.5) is 10.1 Å². The van der Waals surface area contributed by atoms with E-state index in [1.54, 1.807) is 36.4 Å². The highest BCUT2D eigenvalue weighted by atomic mass is 19.1. The molecule has 0 aromatic heterocycles. The second-order valence-corrected chi connectivity index (χ2v) is 5.30. The Morgan fingerprint density at radius 1 is 1.17 bits per heavy atom. The number of anilines is 1. The van der Waals surface area contributed by atoms with Crippen molar-refractivity contribution in [1.82, 2.24) is 0 Å². The summed E-state index contributed by atoms with van der Waals surface area (Å²) in [6, 6.07) is 13.3. The summed E-state index contributed by atoms with van der Waals surface area (Å²) in [6.45, 7) is 0.00967. The molecule has 2 aromatic carbocycles. The van der Waals surface area contributed by atoms with Gasteiger partial charge in [0.1, 0.15) is 18.2 Å². The first kappa shape index (κ1) is 16.0. The molecular formula is C18H16FNO4. The molecule has 0 fully saturated rings. The van der Waals surface area contributed by atoms with Crippen LogP contribution in [0.3, 0.4) is 0 Å². The van der Waals surface area contributed by atoms with E-state index in [-0.39, 0.29) is 32.1 Å². The van der Waals surface area contributed by atoms with Crippen molar-refractivity contribution in [3.05, 3.63) is 59.9 Å². The summed E-state index contributed by atoms with van der Waals surface area (Å²) in [5.41, 5.74) is 0.953. The van der Waals surface area contributed by atoms with Gasteiger partial charge in [-0.25, -0.2) is 4.39 Å². The highest BCUT2D eigenvalue weighted by Crippen LogP contribution is 2.31. The molecule has 0 radical (unpaired) electrons. The van der Waals surface area contributed by atoms with Gasteiger partial charge in [0.15, 0.2) is 6.61 Å². The Kier molecular flexibility index (Phi) is 4.74. The van der Waals surface area contributed by atoms with Crippen molar-refractivity contribution in [1.29, 1.82) is 0 Å². The molecule has 6 heteroatoms. The van der Waals surface area contributed by atoms with Crippen molar-refractivity contribution in [3.63, 3.8) is 0 Å². The second-order valence-electron chi connectivity index (χ2n) is 5.30. The normalized spacial score (nSPS) is 13.2. The summed E-state index contributed by atoms with van der Waals surface area (Å²) in [7, 11) is 0. The molecule has 124 valence electrons. The Balaban J connectivity index is 1.57. The van der Waals surface area contributed by atoms with Gasteiger partial charge in [0.05, 0.1) is 12.1 Å². The quantitative estimate of drug-likeness (QED) is 0.792. The lowest BCUT2D eigenvalue weighted by atomic mass is 10.2. The van der Waals surface area contributed by atoms with E-state index < -0.39 is 11.8 Å². The third-order valence-corrected chi connectivity index (χ3v) is 3.69. The van der Waals surface area contributed by atoms with Gasteiger partial charge in [0, 0.05) is 12.1 Å². The van der Waals surface area contributed by atoms with Crippen LogP contribution in [0.25, 0.3) is 0 Å². The lowest BCUT2D eigenvalue weighted by Gasteiger charge is -2.28. The molecule has 24 heavy (non-hydrogen) atoms. The number of amides is 1. The Labute approximate surface area is 138 Å². The number of benzene rings is 2. The van der Waals surface area contributed by atoms with Crippen molar-refractivity contribution in [2.75, 3.05) is 18.1 Å². The average molecular weight is 329 g/mol. The minimum Gasteiger partial charge on any atom is -0.482 e. The Bertz CT molecular complexity index is 762. The number of carbonyl (C=O) groups excluding carboxylic acids is 2. The van der Waals surface area contributed by atoms with Gasteiger partial charge < -0.3 is 14.4 Å². The minimum atomic E-state index is -0.491. The number of carbonyl (C=O) groups is 2. The fraction of sp³-hybridized carbons (Fsp3) is 0.222. The summed E-state index contributed by atoms with van der Waals surface area (Å²) < 4.78 is 23.9. The summed E-state index contributed by atoms with van der Waals surface area (Å²) in [5.74, 6) is -0.509. The minimum absolute atomic E-state index is 0.0223. The predicted octanol–water partition coefficient (Wildman–Crippen LogP) is 2.68. The zero-order chi connectivity index (χ0) is 16.9. The van der Waals surface area contributed by atoms with E-state index in [4.69, 9.17) is 9.47 Å². The van der Waals surface area contributed by atoms with Gasteiger partial charge in [0.25, 0.3) is 5.91 Å². The van der Waals surface area contributed by atoms with E-state index >= 15 is 0 Å². The lowest BCUT2D eigenvalue weighted by Crippen LogP contribution is -2.40. The number of rotatable bonds is 5. The molecule has 2 aromatic rings. The van der Waals surface area contributed by atoms with Crippen molar-refractivity contribution in [2.24, 2.45) is 0 Å². The van der Waals surface area contributed by atoms with Crippen LogP contribution in [0.2, 0.25) is 0 Å². The molecule has 1 aliphatic rings. The first-order valence-corrected chi connectivity index (χ1v) is 7.56. The molecule has 0 bridgehead atoms. The standard InChI is InChI=1S/C18H16FNO4/c19-14-6-2-1-5-13(14)11-24-18(22)9-10-20-15-7-3-4-8-16(15)23-12-17(20)21/h1-8H,9-12H2. The van der Waals surface area contributed by atoms with E-state index in [0.29, 0.717) is 17.0 Å². The van der Waals surface area contributed by atoms with Crippen LogP contribution in [-0.4, -0.2) is 25.0 Å². The summed E-state index contributed by atoms with van der Waals surface area (Å²) >= 11 is 0. The Morgan fingerprint density at radius 3 is 2.75 bits per heavy atom. The first-order valence-electron chi connectivity index (χ1n) is 7.56. The van der Waals surface area contributed by atoms with Crippen LogP contribution >= 0.6 is 0 Å². The van der Waals surface area contributed by atoms with E-state index in [1.807, 2.05) is 6.07 Å². The number of para-hydroxylation sites is 2. The number of hydrogen-bond donors (Lipinski definition) is 0. The maximum absolute atomic E-state index is 13.5. The van der Waals surface area contributed by atoms with Gasteiger partial charge in [-0.05, 0) is 18.2 Å². The fourth-order valence-electron chi connectivity index (χ4n) is 2.45. The van der Waals surface area contributed by atoms with Crippen molar-refractivity contribution in [3.8, 4) is 5.75 Å². The van der Waals surface area contributed by atoms with Crippen LogP contribution in [0.5, 0.6) is 5.75 Å². The Hall–Kier alpha value is -2.89. The van der Waals surface area contributed by atoms with Crippen LogP contribution in [0, 0.1) is 5.82 Å². The maximum atomic E-state index is 13.5. The third-order valence-electron chi connectivity index (χ3n) is 3.69. The second kappa shape index (κ2) is 7.12. The van der Waals surface area contributed by atoms with E-state index in [1.165, 1.54) is 11.0 Å². The van der Waals surface area contributed by atoms with Crippen molar-refractivity contribution < 1.29 is 23.5 Å². The van der Waals surface area contributed by atoms with Gasteiger partial charge in [-0.1, -0.05) is 30.3 Å². The highest BCUT2D eigenvalue weighted by Gasteiger charge is 2.25. The van der Waals surface area contributed by atoms with Gasteiger partial charge in [-0.15, -0.1) is 0 Å². The number of nitrogens with zero attached hydrogens (tertiary/aromatic N) is 1. The molecule has 0 unspecified atom stereocenters. The molecule has 1 amide bonds. The first-order chi connectivity index (χ1) is 11.6. The van der Waals surface area contributed by atoms with Crippen LogP contribution in [-0.2, 0) is 20.9 Å². The molecule has 0 N–H and O–H groups in total. The Morgan fingerprint density at radius 2 is 1.92 bits per heavy atom. The largest absolute Gasteiger partial charge is 0.482 e. The predicted molar refractivity (Wildman–Crippen MR) is 85.1 cm³/mol. The average Bonchev–Trinajstić information content (AvgIpc) is 2.60. The molecule has 0 saturated carbocycles. The molecule has 1 aliphatic heterocycles. The topological polar surface area (TPSA) is 55.8 Å². The fourth-order valence-corrected chi connectivity index (χ4v) is 2.45. The maximum Gasteiger partial charge on any atom is 0.307 e. The number of fused-ring (bicyclic) bond motifs is 1. The van der Waals surface area contributed by atoms with Crippen molar-refractivity contribution >= 4 is 17.6 Å². The summed E-state index contributed by atoms with van der Waals surface area (Å²) in [4.78, 5) is 25.4. The molecule has 0 spiro atoms. The number of halogens is 1. The molecule has 1 heterocycles. The zero-order valence-electron chi connectivity index (χ0n) is 12.9. The number of hydrogen-bond acceptors (Lipinski definition) is 4. The molecule has 0 aliphatic carbocycles. The summed E-state index contributed by atoms with van der Waals surface area (Å²) in [6.07, 6.45) is 0.0223. The lowest BCUT2D eigenvalue weighted by molar-refractivity contribution is -0.144. The van der Waals surface area contributed by atoms with Crippen LogP contribution < -0.4 is 9.64 Å². The molecule has 0 saturated heterocycles. The van der Waals surface area contributed by atoms with Gasteiger partial charge in [-0.3, -0.25) is 9.59 Å².